The van der Waals surface area contributed by atoms with Gasteiger partial charge in [-0.05, 0) is 49.2 Å². The molecule has 1 aromatic carbocycles. The summed E-state index contributed by atoms with van der Waals surface area (Å²) in [6.45, 7) is 5.11. The lowest BCUT2D eigenvalue weighted by molar-refractivity contribution is 0.434. The lowest BCUT2D eigenvalue weighted by Crippen LogP contribution is -2.22. The number of hydrogen-bond acceptors (Lipinski definition) is 3. The van der Waals surface area contributed by atoms with E-state index in [1.807, 2.05) is 12.4 Å². The molecule has 0 saturated heterocycles. The Bertz CT molecular complexity index is 718. The summed E-state index contributed by atoms with van der Waals surface area (Å²) in [4.78, 5) is 4.07. The molecule has 2 aromatic heterocycles. The van der Waals surface area contributed by atoms with Gasteiger partial charge in [-0.1, -0.05) is 25.1 Å². The van der Waals surface area contributed by atoms with Crippen LogP contribution < -0.4 is 5.32 Å². The van der Waals surface area contributed by atoms with Crippen molar-refractivity contribution in [3.63, 3.8) is 0 Å². The molecule has 0 saturated carbocycles. The van der Waals surface area contributed by atoms with Crippen molar-refractivity contribution in [2.24, 2.45) is 0 Å². The molecule has 108 valence electrons. The molecule has 0 radical (unpaired) electrons. The molecule has 1 atom stereocenters. The summed E-state index contributed by atoms with van der Waals surface area (Å²) in [5.41, 5.74) is 3.43. The number of pyridine rings is 1. The zero-order valence-corrected chi connectivity index (χ0v) is 12.5. The number of fused-ring (bicyclic) bond motifs is 1. The van der Waals surface area contributed by atoms with Gasteiger partial charge in [-0.15, -0.1) is 0 Å². The first-order valence-electron chi connectivity index (χ1n) is 7.39. The average Bonchev–Trinajstić information content (AvgIpc) is 2.93. The molecule has 3 nitrogen and oxygen atoms in total. The molecular weight excluding hydrogens is 260 g/mol. The standard InChI is InChI=1S/C18H20N2O/c1-3-20-16(11-14-7-9-19-10-8-14)17-12-15-6-4-5-13(2)18(15)21-17/h4-10,12,16,20H,3,11H2,1-2H3. The van der Waals surface area contributed by atoms with Crippen LogP contribution in [0, 0.1) is 6.92 Å². The number of aromatic nitrogens is 1. The summed E-state index contributed by atoms with van der Waals surface area (Å²) in [5, 5.41) is 4.68. The van der Waals surface area contributed by atoms with Crippen LogP contribution in [0.25, 0.3) is 11.0 Å². The fraction of sp³-hybridized carbons (Fsp3) is 0.278. The molecule has 0 aliphatic carbocycles. The summed E-state index contributed by atoms with van der Waals surface area (Å²) in [6, 6.07) is 12.7. The van der Waals surface area contributed by atoms with Gasteiger partial charge in [0.05, 0.1) is 6.04 Å². The minimum absolute atomic E-state index is 0.184. The van der Waals surface area contributed by atoms with Gasteiger partial charge in [-0.25, -0.2) is 0 Å². The minimum atomic E-state index is 0.184. The summed E-state index contributed by atoms with van der Waals surface area (Å²) in [7, 11) is 0. The molecule has 3 heteroatoms. The Kier molecular flexibility index (Phi) is 4.02. The molecule has 1 N–H and O–H groups in total. The fourth-order valence-electron chi connectivity index (χ4n) is 2.67. The molecule has 0 spiro atoms. The predicted molar refractivity (Wildman–Crippen MR) is 85.3 cm³/mol. The molecule has 3 aromatic rings. The Morgan fingerprint density at radius 3 is 2.71 bits per heavy atom. The van der Waals surface area contributed by atoms with Crippen molar-refractivity contribution in [1.29, 1.82) is 0 Å². The molecule has 1 unspecified atom stereocenters. The van der Waals surface area contributed by atoms with Gasteiger partial charge in [-0.2, -0.15) is 0 Å². The molecule has 0 aliphatic heterocycles. The van der Waals surface area contributed by atoms with Crippen molar-refractivity contribution in [3.8, 4) is 0 Å². The van der Waals surface area contributed by atoms with E-state index in [2.05, 4.69) is 60.5 Å². The van der Waals surface area contributed by atoms with Crippen molar-refractivity contribution in [3.05, 3.63) is 65.7 Å². The number of rotatable bonds is 5. The largest absolute Gasteiger partial charge is 0.459 e. The molecule has 2 heterocycles. The highest BCUT2D eigenvalue weighted by Crippen LogP contribution is 2.28. The highest BCUT2D eigenvalue weighted by Gasteiger charge is 2.16. The van der Waals surface area contributed by atoms with Crippen LogP contribution in [0.5, 0.6) is 0 Å². The molecule has 0 bridgehead atoms. The van der Waals surface area contributed by atoms with E-state index in [0.29, 0.717) is 0 Å². The third kappa shape index (κ3) is 2.98. The number of benzene rings is 1. The van der Waals surface area contributed by atoms with Crippen molar-refractivity contribution in [2.75, 3.05) is 6.54 Å². The second-order valence-electron chi connectivity index (χ2n) is 5.31. The van der Waals surface area contributed by atoms with Crippen molar-refractivity contribution in [2.45, 2.75) is 26.3 Å². The lowest BCUT2D eigenvalue weighted by atomic mass is 10.0. The molecule has 0 fully saturated rings. The molecule has 3 rings (SSSR count). The van der Waals surface area contributed by atoms with Crippen molar-refractivity contribution < 1.29 is 4.42 Å². The first-order valence-corrected chi connectivity index (χ1v) is 7.39. The quantitative estimate of drug-likeness (QED) is 0.766. The summed E-state index contributed by atoms with van der Waals surface area (Å²) in [6.07, 6.45) is 4.57. The Balaban J connectivity index is 1.93. The maximum atomic E-state index is 6.11. The lowest BCUT2D eigenvalue weighted by Gasteiger charge is -2.15. The van der Waals surface area contributed by atoms with Gasteiger partial charge >= 0.3 is 0 Å². The highest BCUT2D eigenvalue weighted by atomic mass is 16.3. The molecular formula is C18H20N2O. The van der Waals surface area contributed by atoms with Gasteiger partial charge in [0.1, 0.15) is 11.3 Å². The summed E-state index contributed by atoms with van der Waals surface area (Å²) >= 11 is 0. The van der Waals surface area contributed by atoms with Gasteiger partial charge < -0.3 is 9.73 Å². The third-order valence-electron chi connectivity index (χ3n) is 3.74. The van der Waals surface area contributed by atoms with E-state index in [0.717, 1.165) is 24.3 Å². The van der Waals surface area contributed by atoms with E-state index >= 15 is 0 Å². The minimum Gasteiger partial charge on any atom is -0.459 e. The number of furan rings is 1. The summed E-state index contributed by atoms with van der Waals surface area (Å²) in [5.74, 6) is 0.998. The molecule has 21 heavy (non-hydrogen) atoms. The third-order valence-corrected chi connectivity index (χ3v) is 3.74. The van der Waals surface area contributed by atoms with E-state index in [4.69, 9.17) is 4.42 Å². The van der Waals surface area contributed by atoms with Gasteiger partial charge in [0.2, 0.25) is 0 Å². The van der Waals surface area contributed by atoms with Gasteiger partial charge in [0, 0.05) is 17.8 Å². The van der Waals surface area contributed by atoms with E-state index in [1.165, 1.54) is 16.5 Å². The fourth-order valence-corrected chi connectivity index (χ4v) is 2.67. The van der Waals surface area contributed by atoms with Crippen LogP contribution >= 0.6 is 0 Å². The van der Waals surface area contributed by atoms with Crippen LogP contribution in [0.4, 0.5) is 0 Å². The van der Waals surface area contributed by atoms with Crippen LogP contribution in [0.1, 0.15) is 29.9 Å². The first-order chi connectivity index (χ1) is 10.3. The Morgan fingerprint density at radius 1 is 1.19 bits per heavy atom. The smallest absolute Gasteiger partial charge is 0.137 e. The maximum Gasteiger partial charge on any atom is 0.137 e. The SMILES string of the molecule is CCNC(Cc1ccncc1)c1cc2cccc(C)c2o1. The summed E-state index contributed by atoms with van der Waals surface area (Å²) < 4.78 is 6.11. The zero-order chi connectivity index (χ0) is 14.7. The number of likely N-dealkylation sites (N-methyl/N-ethyl adjacent to an activating group) is 1. The Hall–Kier alpha value is -2.13. The van der Waals surface area contributed by atoms with Crippen LogP contribution in [0.15, 0.2) is 53.2 Å². The van der Waals surface area contributed by atoms with Crippen LogP contribution in [0.2, 0.25) is 0 Å². The number of hydrogen-bond donors (Lipinski definition) is 1. The van der Waals surface area contributed by atoms with Crippen molar-refractivity contribution >= 4 is 11.0 Å². The number of aryl methyl sites for hydroxylation is 1. The van der Waals surface area contributed by atoms with Gasteiger partial charge in [-0.3, -0.25) is 4.98 Å². The highest BCUT2D eigenvalue weighted by molar-refractivity contribution is 5.81. The second-order valence-corrected chi connectivity index (χ2v) is 5.31. The molecule has 0 aliphatic rings. The Labute approximate surface area is 125 Å². The predicted octanol–water partition coefficient (Wildman–Crippen LogP) is 4.03. The first kappa shape index (κ1) is 13.8. The van der Waals surface area contributed by atoms with Crippen LogP contribution in [-0.4, -0.2) is 11.5 Å². The normalized spacial score (nSPS) is 12.7. The van der Waals surface area contributed by atoms with E-state index in [1.54, 1.807) is 0 Å². The monoisotopic (exact) mass is 280 g/mol. The van der Waals surface area contributed by atoms with E-state index in [9.17, 15) is 0 Å². The van der Waals surface area contributed by atoms with Gasteiger partial charge in [0.15, 0.2) is 0 Å². The van der Waals surface area contributed by atoms with E-state index in [-0.39, 0.29) is 6.04 Å². The topological polar surface area (TPSA) is 38.1 Å². The number of nitrogens with zero attached hydrogens (tertiary/aromatic N) is 1. The van der Waals surface area contributed by atoms with Crippen molar-refractivity contribution in [1.82, 2.24) is 10.3 Å². The number of para-hydroxylation sites is 1. The average molecular weight is 280 g/mol. The second kappa shape index (κ2) is 6.10. The number of nitrogens with one attached hydrogen (secondary N) is 1. The van der Waals surface area contributed by atoms with Gasteiger partial charge in [0.25, 0.3) is 0 Å². The van der Waals surface area contributed by atoms with E-state index < -0.39 is 0 Å². The molecule has 0 amide bonds. The zero-order valence-electron chi connectivity index (χ0n) is 12.5. The maximum absolute atomic E-state index is 6.11. The van der Waals surface area contributed by atoms with Crippen LogP contribution in [0.3, 0.4) is 0 Å². The van der Waals surface area contributed by atoms with Crippen LogP contribution in [-0.2, 0) is 6.42 Å². The Morgan fingerprint density at radius 2 is 2.00 bits per heavy atom.